The van der Waals surface area contributed by atoms with E-state index in [1.54, 1.807) is 13.0 Å². The Kier molecular flexibility index (Phi) is 8.32. The summed E-state index contributed by atoms with van der Waals surface area (Å²) in [7, 11) is -1.07. The van der Waals surface area contributed by atoms with E-state index in [2.05, 4.69) is 30.3 Å². The van der Waals surface area contributed by atoms with Crippen molar-refractivity contribution in [3.05, 3.63) is 41.8 Å². The second-order valence-electron chi connectivity index (χ2n) is 8.03. The summed E-state index contributed by atoms with van der Waals surface area (Å²) in [6.07, 6.45) is 4.61. The lowest BCUT2D eigenvalue weighted by atomic mass is 10.1. The Balaban J connectivity index is 2.12. The van der Waals surface area contributed by atoms with Crippen LogP contribution in [0.1, 0.15) is 25.8 Å². The lowest BCUT2D eigenvalue weighted by Gasteiger charge is -2.15. The van der Waals surface area contributed by atoms with Crippen molar-refractivity contribution in [2.45, 2.75) is 52.7 Å². The second kappa shape index (κ2) is 10.5. The minimum Gasteiger partial charge on any atom is -0.487 e. The molecular weight excluding hydrogens is 370 g/mol. The Morgan fingerprint density at radius 3 is 2.57 bits per heavy atom. The van der Waals surface area contributed by atoms with E-state index >= 15 is 0 Å². The van der Waals surface area contributed by atoms with Crippen LogP contribution >= 0.6 is 0 Å². The molecule has 154 valence electrons. The molecule has 1 heterocycles. The summed E-state index contributed by atoms with van der Waals surface area (Å²) in [5.74, 6) is -0.179. The molecule has 0 radical (unpaired) electrons. The average Bonchev–Trinajstić information content (AvgIpc) is 3.04. The van der Waals surface area contributed by atoms with Gasteiger partial charge in [-0.25, -0.2) is 4.79 Å². The van der Waals surface area contributed by atoms with Gasteiger partial charge in [0.15, 0.2) is 0 Å². The minimum absolute atomic E-state index is 0.247. The van der Waals surface area contributed by atoms with E-state index in [1.807, 2.05) is 31.3 Å². The van der Waals surface area contributed by atoms with Crippen LogP contribution < -0.4 is 0 Å². The highest BCUT2D eigenvalue weighted by Gasteiger charge is 2.13. The van der Waals surface area contributed by atoms with Crippen molar-refractivity contribution in [2.75, 3.05) is 19.8 Å². The van der Waals surface area contributed by atoms with Gasteiger partial charge in [-0.05, 0) is 49.2 Å². The molecule has 0 fully saturated rings. The molecule has 0 aliphatic rings. The van der Waals surface area contributed by atoms with Crippen molar-refractivity contribution in [2.24, 2.45) is 0 Å². The molecule has 1 aromatic carbocycles. The third kappa shape index (κ3) is 6.84. The van der Waals surface area contributed by atoms with E-state index in [0.29, 0.717) is 19.9 Å². The molecular formula is C22H33NO4Si. The lowest BCUT2D eigenvalue weighted by Crippen LogP contribution is -2.21. The number of ether oxygens (including phenoxy) is 3. The smallest absolute Gasteiger partial charge is 0.373 e. The SMILES string of the molecule is CCCO/C(=C/c1ccc2c(ccn2COCC[Si](C)(C)C)c1)C(=O)OCC. The Hall–Kier alpha value is -2.05. The van der Waals surface area contributed by atoms with Crippen molar-refractivity contribution in [3.8, 4) is 0 Å². The van der Waals surface area contributed by atoms with E-state index in [9.17, 15) is 4.79 Å². The number of benzene rings is 1. The number of nitrogens with zero attached hydrogens (tertiary/aromatic N) is 1. The third-order valence-corrected chi connectivity index (χ3v) is 5.96. The molecule has 2 aromatic rings. The van der Waals surface area contributed by atoms with Crippen LogP contribution in [0.3, 0.4) is 0 Å². The van der Waals surface area contributed by atoms with Crippen LogP contribution in [0.5, 0.6) is 0 Å². The van der Waals surface area contributed by atoms with Gasteiger partial charge in [0.05, 0.1) is 18.7 Å². The first-order valence-corrected chi connectivity index (χ1v) is 13.7. The highest BCUT2D eigenvalue weighted by Crippen LogP contribution is 2.20. The molecule has 0 aliphatic heterocycles. The maximum atomic E-state index is 12.1. The Labute approximate surface area is 169 Å². The molecule has 28 heavy (non-hydrogen) atoms. The molecule has 0 saturated heterocycles. The topological polar surface area (TPSA) is 49.7 Å². The lowest BCUT2D eigenvalue weighted by molar-refractivity contribution is -0.142. The van der Waals surface area contributed by atoms with E-state index in [4.69, 9.17) is 14.2 Å². The fourth-order valence-corrected chi connectivity index (χ4v) is 3.44. The van der Waals surface area contributed by atoms with Crippen LogP contribution in [0.15, 0.2) is 36.2 Å². The van der Waals surface area contributed by atoms with E-state index in [1.165, 1.54) is 0 Å². The van der Waals surface area contributed by atoms with Crippen LogP contribution in [0.2, 0.25) is 25.7 Å². The first kappa shape index (κ1) is 22.2. The fraction of sp³-hybridized carbons (Fsp3) is 0.500. The highest BCUT2D eigenvalue weighted by molar-refractivity contribution is 6.76. The summed E-state index contributed by atoms with van der Waals surface area (Å²) in [5.41, 5.74) is 2.02. The molecule has 0 bridgehead atoms. The summed E-state index contributed by atoms with van der Waals surface area (Å²) < 4.78 is 18.6. The molecule has 6 heteroatoms. The number of aromatic nitrogens is 1. The number of hydrogen-bond acceptors (Lipinski definition) is 4. The molecule has 0 spiro atoms. The maximum absolute atomic E-state index is 12.1. The van der Waals surface area contributed by atoms with Gasteiger partial charge in [-0.3, -0.25) is 0 Å². The summed E-state index contributed by atoms with van der Waals surface area (Å²) in [4.78, 5) is 12.1. The quantitative estimate of drug-likeness (QED) is 0.168. The van der Waals surface area contributed by atoms with Crippen molar-refractivity contribution in [3.63, 3.8) is 0 Å². The van der Waals surface area contributed by atoms with Gasteiger partial charge in [0.2, 0.25) is 5.76 Å². The summed E-state index contributed by atoms with van der Waals surface area (Å²) in [6, 6.07) is 9.30. The standard InChI is InChI=1S/C22H33NO4Si/c1-6-12-27-21(22(24)26-7-2)16-18-8-9-20-19(15-18)10-11-23(20)17-25-13-14-28(3,4)5/h8-11,15-16H,6-7,12-14,17H2,1-5H3/b21-16+. The zero-order valence-corrected chi connectivity index (χ0v) is 18.8. The average molecular weight is 404 g/mol. The Morgan fingerprint density at radius 2 is 1.89 bits per heavy atom. The third-order valence-electron chi connectivity index (χ3n) is 4.26. The molecule has 0 N–H and O–H groups in total. The highest BCUT2D eigenvalue weighted by atomic mass is 28.3. The van der Waals surface area contributed by atoms with Gasteiger partial charge >= 0.3 is 5.97 Å². The Morgan fingerprint density at radius 1 is 1.11 bits per heavy atom. The van der Waals surface area contributed by atoms with Crippen LogP contribution in [-0.2, 0) is 25.7 Å². The summed E-state index contributed by atoms with van der Waals surface area (Å²) >= 11 is 0. The summed E-state index contributed by atoms with van der Waals surface area (Å²) in [5, 5.41) is 1.10. The Bertz CT molecular complexity index is 804. The zero-order chi connectivity index (χ0) is 20.6. The number of fused-ring (bicyclic) bond motifs is 1. The van der Waals surface area contributed by atoms with Crippen LogP contribution in [0, 0.1) is 0 Å². The number of esters is 1. The van der Waals surface area contributed by atoms with Crippen LogP contribution in [0.25, 0.3) is 17.0 Å². The molecule has 1 aromatic heterocycles. The zero-order valence-electron chi connectivity index (χ0n) is 17.8. The van der Waals surface area contributed by atoms with Gasteiger partial charge in [-0.1, -0.05) is 32.6 Å². The van der Waals surface area contributed by atoms with Crippen molar-refractivity contribution in [1.29, 1.82) is 0 Å². The van der Waals surface area contributed by atoms with E-state index in [-0.39, 0.29) is 5.76 Å². The molecule has 0 atom stereocenters. The second-order valence-corrected chi connectivity index (χ2v) is 13.7. The van der Waals surface area contributed by atoms with Crippen molar-refractivity contribution >= 4 is 31.0 Å². The normalized spacial score (nSPS) is 12.4. The molecule has 0 aliphatic carbocycles. The van der Waals surface area contributed by atoms with Crippen molar-refractivity contribution < 1.29 is 19.0 Å². The summed E-state index contributed by atoms with van der Waals surface area (Å²) in [6.45, 7) is 13.0. The largest absolute Gasteiger partial charge is 0.487 e. The van der Waals surface area contributed by atoms with E-state index in [0.717, 1.165) is 35.5 Å². The number of rotatable bonds is 11. The van der Waals surface area contributed by atoms with Gasteiger partial charge in [0.25, 0.3) is 0 Å². The fourth-order valence-electron chi connectivity index (χ4n) is 2.69. The molecule has 0 amide bonds. The molecule has 2 rings (SSSR count). The first-order chi connectivity index (χ1) is 13.3. The molecule has 0 saturated carbocycles. The van der Waals surface area contributed by atoms with Gasteiger partial charge in [-0.2, -0.15) is 0 Å². The van der Waals surface area contributed by atoms with E-state index < -0.39 is 14.0 Å². The van der Waals surface area contributed by atoms with Gasteiger partial charge < -0.3 is 18.8 Å². The predicted octanol–water partition coefficient (Wildman–Crippen LogP) is 5.28. The maximum Gasteiger partial charge on any atom is 0.373 e. The number of hydrogen-bond donors (Lipinski definition) is 0. The van der Waals surface area contributed by atoms with Gasteiger partial charge in [-0.15, -0.1) is 0 Å². The number of carbonyl (C=O) groups excluding carboxylic acids is 1. The van der Waals surface area contributed by atoms with Gasteiger partial charge in [0.1, 0.15) is 6.73 Å². The van der Waals surface area contributed by atoms with Crippen LogP contribution in [-0.4, -0.2) is 38.4 Å². The van der Waals surface area contributed by atoms with Crippen LogP contribution in [0.4, 0.5) is 0 Å². The predicted molar refractivity (Wildman–Crippen MR) is 117 cm³/mol. The van der Waals surface area contributed by atoms with Gasteiger partial charge in [0, 0.05) is 26.3 Å². The van der Waals surface area contributed by atoms with Crippen molar-refractivity contribution in [1.82, 2.24) is 4.57 Å². The number of carbonyl (C=O) groups is 1. The molecule has 5 nitrogen and oxygen atoms in total. The molecule has 0 unspecified atom stereocenters. The minimum atomic E-state index is -1.07. The first-order valence-electron chi connectivity index (χ1n) is 10.0. The monoisotopic (exact) mass is 403 g/mol.